The van der Waals surface area contributed by atoms with Crippen LogP contribution in [0.5, 0.6) is 0 Å². The molecule has 2 aromatic rings. The topological polar surface area (TPSA) is 20.3 Å². The van der Waals surface area contributed by atoms with Gasteiger partial charge >= 0.3 is 0 Å². The van der Waals surface area contributed by atoms with Gasteiger partial charge in [-0.1, -0.05) is 87.2 Å². The number of carbonyl (C=O) groups excluding carboxylic acids is 1. The van der Waals surface area contributed by atoms with Crippen molar-refractivity contribution in [2.24, 2.45) is 5.41 Å². The first kappa shape index (κ1) is 24.9. The van der Waals surface area contributed by atoms with Gasteiger partial charge < -0.3 is 4.90 Å². The molecule has 1 heterocycles. The molecule has 1 aliphatic rings. The number of rotatable bonds is 9. The molecule has 3 rings (SSSR count). The van der Waals surface area contributed by atoms with Gasteiger partial charge in [0, 0.05) is 22.0 Å². The van der Waals surface area contributed by atoms with E-state index >= 15 is 0 Å². The molecule has 1 aliphatic heterocycles. The van der Waals surface area contributed by atoms with E-state index in [1.807, 2.05) is 30.3 Å². The normalized spacial score (nSPS) is 24.4. The quantitative estimate of drug-likeness (QED) is 0.335. The van der Waals surface area contributed by atoms with Crippen LogP contribution in [0.2, 0.25) is 10.0 Å². The van der Waals surface area contributed by atoms with E-state index in [9.17, 15) is 4.79 Å². The highest BCUT2D eigenvalue weighted by Gasteiger charge is 2.50. The summed E-state index contributed by atoms with van der Waals surface area (Å²) in [6, 6.07) is 16.3. The fourth-order valence-electron chi connectivity index (χ4n) is 5.27. The monoisotopic (exact) mass is 471 g/mol. The molecule has 0 N–H and O–H groups in total. The van der Waals surface area contributed by atoms with Gasteiger partial charge in [0.05, 0.1) is 11.5 Å². The predicted molar refractivity (Wildman–Crippen MR) is 136 cm³/mol. The van der Waals surface area contributed by atoms with Crippen LogP contribution in [0.25, 0.3) is 0 Å². The number of amides is 1. The van der Waals surface area contributed by atoms with Crippen molar-refractivity contribution >= 4 is 29.1 Å². The second kappa shape index (κ2) is 10.9. The van der Waals surface area contributed by atoms with Crippen molar-refractivity contribution in [1.82, 2.24) is 4.90 Å². The SMILES string of the molecule is C=CC[C@@]1(C)C[C@H](c2cccc(Cl)c2)[C@@H](c2ccc(Cl)cc2)N([C@@H](CC)CCCC)C1=O. The largest absolute Gasteiger partial charge is 0.332 e. The molecular weight excluding hydrogens is 437 g/mol. The van der Waals surface area contributed by atoms with Gasteiger partial charge in [0.15, 0.2) is 0 Å². The van der Waals surface area contributed by atoms with Gasteiger partial charge in [-0.2, -0.15) is 0 Å². The zero-order valence-electron chi connectivity index (χ0n) is 19.5. The Morgan fingerprint density at radius 3 is 2.44 bits per heavy atom. The summed E-state index contributed by atoms with van der Waals surface area (Å²) >= 11 is 12.6. The van der Waals surface area contributed by atoms with Crippen LogP contribution in [0.15, 0.2) is 61.2 Å². The van der Waals surface area contributed by atoms with Crippen LogP contribution in [0, 0.1) is 5.41 Å². The molecule has 0 saturated carbocycles. The number of unbranched alkanes of at least 4 members (excludes halogenated alkanes) is 1. The van der Waals surface area contributed by atoms with Gasteiger partial charge in [-0.15, -0.1) is 6.58 Å². The molecule has 172 valence electrons. The number of likely N-dealkylation sites (tertiary alicyclic amines) is 1. The first-order valence-electron chi connectivity index (χ1n) is 11.8. The predicted octanol–water partition coefficient (Wildman–Crippen LogP) is 8.60. The standard InChI is InChI=1S/C28H35Cl2NO/c1-5-8-12-24(7-3)31-26(20-13-15-22(29)16-14-20)25(21-10-9-11-23(30)18-21)19-28(4,17-6-2)27(31)32/h6,9-11,13-16,18,24-26H,2,5,7-8,12,17,19H2,1,3-4H3/t24-,25+,26+,28-/m0/s1. The molecule has 0 aliphatic carbocycles. The summed E-state index contributed by atoms with van der Waals surface area (Å²) in [5, 5.41) is 1.43. The minimum atomic E-state index is -0.489. The highest BCUT2D eigenvalue weighted by molar-refractivity contribution is 6.30. The summed E-state index contributed by atoms with van der Waals surface area (Å²) in [5.41, 5.74) is 1.82. The Labute approximate surface area is 203 Å². The molecule has 4 heteroatoms. The first-order valence-corrected chi connectivity index (χ1v) is 12.5. The molecule has 2 aromatic carbocycles. The number of hydrogen-bond donors (Lipinski definition) is 0. The molecule has 0 unspecified atom stereocenters. The van der Waals surface area contributed by atoms with Crippen LogP contribution in [0.4, 0.5) is 0 Å². The summed E-state index contributed by atoms with van der Waals surface area (Å²) in [4.78, 5) is 16.3. The Bertz CT molecular complexity index is 925. The molecule has 1 amide bonds. The maximum absolute atomic E-state index is 14.1. The lowest BCUT2D eigenvalue weighted by Crippen LogP contribution is -2.55. The Morgan fingerprint density at radius 1 is 1.12 bits per heavy atom. The van der Waals surface area contributed by atoms with Crippen molar-refractivity contribution < 1.29 is 4.79 Å². The number of nitrogens with zero attached hydrogens (tertiary/aromatic N) is 1. The van der Waals surface area contributed by atoms with Gasteiger partial charge in [0.1, 0.15) is 0 Å². The third-order valence-electron chi connectivity index (χ3n) is 6.94. The van der Waals surface area contributed by atoms with E-state index in [1.165, 1.54) is 5.56 Å². The van der Waals surface area contributed by atoms with Crippen molar-refractivity contribution in [3.05, 3.63) is 82.4 Å². The van der Waals surface area contributed by atoms with Gasteiger partial charge in [0.2, 0.25) is 5.91 Å². The molecule has 0 spiro atoms. The van der Waals surface area contributed by atoms with Crippen LogP contribution in [-0.2, 0) is 4.79 Å². The average molecular weight is 473 g/mol. The van der Waals surface area contributed by atoms with Gasteiger partial charge in [0.25, 0.3) is 0 Å². The zero-order valence-corrected chi connectivity index (χ0v) is 21.0. The molecule has 4 atom stereocenters. The van der Waals surface area contributed by atoms with Gasteiger partial charge in [-0.05, 0) is 61.1 Å². The van der Waals surface area contributed by atoms with Crippen molar-refractivity contribution in [2.75, 3.05) is 0 Å². The molecular formula is C28H35Cl2NO. The summed E-state index contributed by atoms with van der Waals surface area (Å²) < 4.78 is 0. The Morgan fingerprint density at radius 2 is 1.84 bits per heavy atom. The lowest BCUT2D eigenvalue weighted by Gasteiger charge is -2.52. The van der Waals surface area contributed by atoms with Gasteiger partial charge in [-0.25, -0.2) is 0 Å². The van der Waals surface area contributed by atoms with Crippen LogP contribution < -0.4 is 0 Å². The summed E-state index contributed by atoms with van der Waals surface area (Å²) in [5.74, 6) is 0.367. The Kier molecular flexibility index (Phi) is 8.47. The van der Waals surface area contributed by atoms with Crippen LogP contribution in [0.3, 0.4) is 0 Å². The molecule has 0 aromatic heterocycles. The summed E-state index contributed by atoms with van der Waals surface area (Å²) in [6.07, 6.45) is 7.48. The minimum Gasteiger partial charge on any atom is -0.332 e. The van der Waals surface area contributed by atoms with Crippen molar-refractivity contribution in [1.29, 1.82) is 0 Å². The maximum Gasteiger partial charge on any atom is 0.229 e. The van der Waals surface area contributed by atoms with E-state index in [4.69, 9.17) is 23.2 Å². The number of allylic oxidation sites excluding steroid dienone is 1. The van der Waals surface area contributed by atoms with E-state index in [2.05, 4.69) is 56.5 Å². The molecule has 1 saturated heterocycles. The minimum absolute atomic E-state index is 0.0575. The molecule has 32 heavy (non-hydrogen) atoms. The second-order valence-corrected chi connectivity index (χ2v) is 10.2. The van der Waals surface area contributed by atoms with E-state index in [-0.39, 0.29) is 23.9 Å². The van der Waals surface area contributed by atoms with E-state index in [0.29, 0.717) is 11.4 Å². The third kappa shape index (κ3) is 5.24. The first-order chi connectivity index (χ1) is 15.3. The number of halogens is 2. The van der Waals surface area contributed by atoms with Gasteiger partial charge in [-0.3, -0.25) is 4.79 Å². The second-order valence-electron chi connectivity index (χ2n) is 9.33. The summed E-state index contributed by atoms with van der Waals surface area (Å²) in [7, 11) is 0. The van der Waals surface area contributed by atoms with E-state index in [1.54, 1.807) is 0 Å². The highest BCUT2D eigenvalue weighted by Crippen LogP contribution is 2.52. The molecule has 2 nitrogen and oxygen atoms in total. The van der Waals surface area contributed by atoms with Crippen LogP contribution in [-0.4, -0.2) is 16.8 Å². The highest BCUT2D eigenvalue weighted by atomic mass is 35.5. The number of benzene rings is 2. The number of piperidine rings is 1. The maximum atomic E-state index is 14.1. The van der Waals surface area contributed by atoms with E-state index < -0.39 is 5.41 Å². The van der Waals surface area contributed by atoms with Crippen molar-refractivity contribution in [3.63, 3.8) is 0 Å². The average Bonchev–Trinajstić information content (AvgIpc) is 2.77. The fourth-order valence-corrected chi connectivity index (χ4v) is 5.59. The fraction of sp³-hybridized carbons (Fsp3) is 0.464. The van der Waals surface area contributed by atoms with Crippen molar-refractivity contribution in [2.45, 2.75) is 77.3 Å². The number of hydrogen-bond acceptors (Lipinski definition) is 1. The Hall–Kier alpha value is -1.77. The molecule has 0 radical (unpaired) electrons. The molecule has 0 bridgehead atoms. The van der Waals surface area contributed by atoms with E-state index in [0.717, 1.165) is 42.7 Å². The van der Waals surface area contributed by atoms with Crippen molar-refractivity contribution in [3.8, 4) is 0 Å². The van der Waals surface area contributed by atoms with Crippen LogP contribution in [0.1, 0.15) is 82.4 Å². The third-order valence-corrected chi connectivity index (χ3v) is 7.43. The summed E-state index contributed by atoms with van der Waals surface area (Å²) in [6.45, 7) is 10.5. The Balaban J connectivity index is 2.20. The molecule has 1 fully saturated rings. The smallest absolute Gasteiger partial charge is 0.229 e. The lowest BCUT2D eigenvalue weighted by atomic mass is 9.67. The van der Waals surface area contributed by atoms with Crippen LogP contribution >= 0.6 is 23.2 Å². The zero-order chi connectivity index (χ0) is 23.3. The number of carbonyl (C=O) groups is 1. The lowest BCUT2D eigenvalue weighted by molar-refractivity contribution is -0.154.